The van der Waals surface area contributed by atoms with Gasteiger partial charge in [0, 0.05) is 25.2 Å². The Morgan fingerprint density at radius 1 is 1.22 bits per heavy atom. The number of nitrogens with one attached hydrogen (secondary N) is 1. The van der Waals surface area contributed by atoms with E-state index in [1.54, 1.807) is 11.2 Å². The first kappa shape index (κ1) is 16.4. The maximum absolute atomic E-state index is 12.0. The summed E-state index contributed by atoms with van der Waals surface area (Å²) in [4.78, 5) is 0. The van der Waals surface area contributed by atoms with Gasteiger partial charge in [-0.1, -0.05) is 42.5 Å². The summed E-state index contributed by atoms with van der Waals surface area (Å²) in [5, 5.41) is 6.10. The molecule has 2 atom stereocenters. The predicted molar refractivity (Wildman–Crippen MR) is 94.9 cm³/mol. The molecular weight excluding hydrogens is 308 g/mol. The number of rotatable bonds is 5. The highest BCUT2D eigenvalue weighted by Crippen LogP contribution is 2.25. The van der Waals surface area contributed by atoms with Crippen LogP contribution in [-0.2, 0) is 10.0 Å². The first-order chi connectivity index (χ1) is 11.0. The molecule has 124 valence electrons. The molecule has 0 spiro atoms. The monoisotopic (exact) mass is 332 g/mol. The summed E-state index contributed by atoms with van der Waals surface area (Å²) in [6.07, 6.45) is 0.869. The lowest BCUT2D eigenvalue weighted by atomic mass is 9.99. The smallest absolute Gasteiger partial charge is 0.213 e. The molecular formula is C18H24N2O2S. The van der Waals surface area contributed by atoms with Crippen LogP contribution in [0, 0.1) is 0 Å². The Morgan fingerprint density at radius 3 is 2.74 bits per heavy atom. The molecule has 2 aromatic carbocycles. The van der Waals surface area contributed by atoms with E-state index in [2.05, 4.69) is 54.7 Å². The first-order valence-electron chi connectivity index (χ1n) is 8.23. The van der Waals surface area contributed by atoms with Crippen LogP contribution < -0.4 is 5.32 Å². The van der Waals surface area contributed by atoms with Crippen LogP contribution in [0.15, 0.2) is 42.5 Å². The van der Waals surface area contributed by atoms with Gasteiger partial charge in [0.2, 0.25) is 10.0 Å². The van der Waals surface area contributed by atoms with Gasteiger partial charge in [-0.25, -0.2) is 12.7 Å². The van der Waals surface area contributed by atoms with Crippen molar-refractivity contribution in [1.29, 1.82) is 0 Å². The minimum absolute atomic E-state index is 0.179. The zero-order valence-corrected chi connectivity index (χ0v) is 14.5. The maximum Gasteiger partial charge on any atom is 0.213 e. The van der Waals surface area contributed by atoms with Crippen molar-refractivity contribution < 1.29 is 8.42 Å². The van der Waals surface area contributed by atoms with Crippen molar-refractivity contribution in [3.63, 3.8) is 0 Å². The van der Waals surface area contributed by atoms with Crippen molar-refractivity contribution in [2.75, 3.05) is 18.8 Å². The van der Waals surface area contributed by atoms with E-state index in [-0.39, 0.29) is 17.8 Å². The highest BCUT2D eigenvalue weighted by atomic mass is 32.2. The number of fused-ring (bicyclic) bond motifs is 1. The second-order valence-corrected chi connectivity index (χ2v) is 8.46. The fourth-order valence-electron chi connectivity index (χ4n) is 3.37. The lowest BCUT2D eigenvalue weighted by Gasteiger charge is -2.22. The number of hydrogen-bond donors (Lipinski definition) is 1. The Balaban J connectivity index is 1.74. The Morgan fingerprint density at radius 2 is 1.96 bits per heavy atom. The van der Waals surface area contributed by atoms with Crippen molar-refractivity contribution >= 4 is 20.8 Å². The molecule has 0 aliphatic carbocycles. The van der Waals surface area contributed by atoms with Gasteiger partial charge in [0.15, 0.2) is 0 Å². The third-order valence-electron chi connectivity index (χ3n) is 4.68. The molecule has 0 amide bonds. The van der Waals surface area contributed by atoms with Crippen LogP contribution in [-0.4, -0.2) is 37.6 Å². The molecule has 0 radical (unpaired) electrons. The third-order valence-corrected chi connectivity index (χ3v) is 6.53. The fraction of sp³-hybridized carbons (Fsp3) is 0.444. The van der Waals surface area contributed by atoms with E-state index in [1.165, 1.54) is 16.3 Å². The molecule has 1 heterocycles. The highest BCUT2D eigenvalue weighted by molar-refractivity contribution is 7.89. The molecule has 5 heteroatoms. The summed E-state index contributed by atoms with van der Waals surface area (Å²) in [6.45, 7) is 5.05. The molecule has 1 aliphatic rings. The lowest BCUT2D eigenvalue weighted by molar-refractivity contribution is 0.437. The van der Waals surface area contributed by atoms with Crippen molar-refractivity contribution in [2.45, 2.75) is 32.4 Å². The van der Waals surface area contributed by atoms with Crippen LogP contribution in [0.2, 0.25) is 0 Å². The Hall–Kier alpha value is -1.43. The lowest BCUT2D eigenvalue weighted by Crippen LogP contribution is -2.37. The molecule has 2 aromatic rings. The quantitative estimate of drug-likeness (QED) is 0.916. The van der Waals surface area contributed by atoms with E-state index in [0.29, 0.717) is 13.1 Å². The third kappa shape index (κ3) is 3.42. The van der Waals surface area contributed by atoms with Crippen LogP contribution >= 0.6 is 0 Å². The number of nitrogens with zero attached hydrogens (tertiary/aromatic N) is 1. The normalized spacial score (nSPS) is 20.9. The first-order valence-corrected chi connectivity index (χ1v) is 9.83. The van der Waals surface area contributed by atoms with Gasteiger partial charge in [-0.3, -0.25) is 0 Å². The summed E-state index contributed by atoms with van der Waals surface area (Å²) in [7, 11) is -3.07. The van der Waals surface area contributed by atoms with E-state index >= 15 is 0 Å². The van der Waals surface area contributed by atoms with Gasteiger partial charge in [-0.2, -0.15) is 0 Å². The van der Waals surface area contributed by atoms with Gasteiger partial charge in [0.1, 0.15) is 0 Å². The molecule has 0 saturated carbocycles. The molecule has 4 nitrogen and oxygen atoms in total. The summed E-state index contributed by atoms with van der Waals surface area (Å²) in [6, 6.07) is 15.1. The van der Waals surface area contributed by atoms with E-state index in [0.717, 1.165) is 6.42 Å². The van der Waals surface area contributed by atoms with Crippen molar-refractivity contribution in [1.82, 2.24) is 9.62 Å². The summed E-state index contributed by atoms with van der Waals surface area (Å²) in [5.41, 5.74) is 1.26. The molecule has 1 fully saturated rings. The summed E-state index contributed by atoms with van der Waals surface area (Å²) >= 11 is 0. The second-order valence-electron chi connectivity index (χ2n) is 6.20. The van der Waals surface area contributed by atoms with Crippen LogP contribution in [0.5, 0.6) is 0 Å². The molecule has 1 saturated heterocycles. The molecule has 1 N–H and O–H groups in total. The van der Waals surface area contributed by atoms with Crippen LogP contribution in [0.4, 0.5) is 0 Å². The van der Waals surface area contributed by atoms with Crippen molar-refractivity contribution in [3.8, 4) is 0 Å². The van der Waals surface area contributed by atoms with Gasteiger partial charge >= 0.3 is 0 Å². The molecule has 0 unspecified atom stereocenters. The molecule has 23 heavy (non-hydrogen) atoms. The zero-order chi connectivity index (χ0) is 16.4. The van der Waals surface area contributed by atoms with Gasteiger partial charge in [0.05, 0.1) is 5.75 Å². The van der Waals surface area contributed by atoms with Crippen LogP contribution in [0.1, 0.15) is 31.9 Å². The highest BCUT2D eigenvalue weighted by Gasteiger charge is 2.30. The zero-order valence-electron chi connectivity index (χ0n) is 13.7. The van der Waals surface area contributed by atoms with E-state index < -0.39 is 10.0 Å². The largest absolute Gasteiger partial charge is 0.306 e. The number of sulfonamides is 1. The molecule has 3 rings (SSSR count). The van der Waals surface area contributed by atoms with Crippen molar-refractivity contribution in [2.24, 2.45) is 0 Å². The van der Waals surface area contributed by atoms with Gasteiger partial charge in [0.25, 0.3) is 0 Å². The molecule has 0 bridgehead atoms. The average Bonchev–Trinajstić information content (AvgIpc) is 3.03. The Kier molecular flexibility index (Phi) is 4.71. The number of hydrogen-bond acceptors (Lipinski definition) is 3. The maximum atomic E-state index is 12.0. The molecule has 0 aromatic heterocycles. The van der Waals surface area contributed by atoms with Crippen LogP contribution in [0.3, 0.4) is 0 Å². The topological polar surface area (TPSA) is 49.4 Å². The Bertz CT molecular complexity index is 783. The van der Waals surface area contributed by atoms with E-state index in [9.17, 15) is 8.42 Å². The van der Waals surface area contributed by atoms with Crippen LogP contribution in [0.25, 0.3) is 10.8 Å². The standard InChI is InChI=1S/C18H24N2O2S/c1-3-23(21,22)20-12-11-16(13-20)19-14(2)17-10-6-8-15-7-4-5-9-18(15)17/h4-10,14,16,19H,3,11-13H2,1-2H3/t14-,16+/m1/s1. The molecule has 1 aliphatic heterocycles. The second kappa shape index (κ2) is 6.59. The van der Waals surface area contributed by atoms with Gasteiger partial charge < -0.3 is 5.32 Å². The van der Waals surface area contributed by atoms with E-state index in [1.807, 2.05) is 0 Å². The predicted octanol–water partition coefficient (Wildman–Crippen LogP) is 2.91. The number of benzene rings is 2. The Labute approximate surface area is 138 Å². The fourth-order valence-corrected chi connectivity index (χ4v) is 4.53. The van der Waals surface area contributed by atoms with Gasteiger partial charge in [-0.15, -0.1) is 0 Å². The van der Waals surface area contributed by atoms with Gasteiger partial charge in [-0.05, 0) is 36.6 Å². The average molecular weight is 332 g/mol. The minimum Gasteiger partial charge on any atom is -0.306 e. The van der Waals surface area contributed by atoms with Crippen molar-refractivity contribution in [3.05, 3.63) is 48.0 Å². The van der Waals surface area contributed by atoms with E-state index in [4.69, 9.17) is 0 Å². The summed E-state index contributed by atoms with van der Waals surface area (Å²) in [5.74, 6) is 0.179. The SMILES string of the molecule is CCS(=O)(=O)N1CC[C@H](N[C@H](C)c2cccc3ccccc23)C1. The summed E-state index contributed by atoms with van der Waals surface area (Å²) < 4.78 is 25.6. The minimum atomic E-state index is -3.07.